The molecule has 0 bridgehead atoms. The SMILES string of the molecule is Cc1ccc2c(c1)c(-c1ccc(C)c(C)c1)cn2C(=O)C(C)N. The number of aryl methyl sites for hydroxylation is 3. The Bertz CT molecular complexity index is 903. The molecule has 118 valence electrons. The average Bonchev–Trinajstić information content (AvgIpc) is 2.87. The van der Waals surface area contributed by atoms with Crippen molar-refractivity contribution in [3.8, 4) is 11.1 Å². The molecule has 0 saturated heterocycles. The Hall–Kier alpha value is -2.39. The molecule has 0 amide bonds. The minimum absolute atomic E-state index is 0.0889. The Kier molecular flexibility index (Phi) is 3.82. The van der Waals surface area contributed by atoms with Gasteiger partial charge in [0.15, 0.2) is 0 Å². The Balaban J connectivity index is 2.29. The van der Waals surface area contributed by atoms with Gasteiger partial charge < -0.3 is 5.73 Å². The lowest BCUT2D eigenvalue weighted by Crippen LogP contribution is -2.31. The van der Waals surface area contributed by atoms with Gasteiger partial charge in [0.25, 0.3) is 0 Å². The molecule has 0 fully saturated rings. The van der Waals surface area contributed by atoms with Crippen molar-refractivity contribution >= 4 is 16.8 Å². The van der Waals surface area contributed by atoms with Crippen LogP contribution in [0.15, 0.2) is 42.6 Å². The third kappa shape index (κ3) is 2.68. The van der Waals surface area contributed by atoms with Gasteiger partial charge in [0.1, 0.15) is 0 Å². The van der Waals surface area contributed by atoms with Gasteiger partial charge in [-0.3, -0.25) is 9.36 Å². The first-order valence-corrected chi connectivity index (χ1v) is 7.87. The van der Waals surface area contributed by atoms with Crippen LogP contribution in [0.4, 0.5) is 0 Å². The lowest BCUT2D eigenvalue weighted by Gasteiger charge is -2.06. The molecule has 0 aliphatic carbocycles. The molecule has 0 radical (unpaired) electrons. The van der Waals surface area contributed by atoms with Crippen molar-refractivity contribution in [3.63, 3.8) is 0 Å². The van der Waals surface area contributed by atoms with Crippen molar-refractivity contribution in [2.45, 2.75) is 33.7 Å². The minimum atomic E-state index is -0.528. The van der Waals surface area contributed by atoms with Crippen molar-refractivity contribution in [1.29, 1.82) is 0 Å². The van der Waals surface area contributed by atoms with Crippen molar-refractivity contribution < 1.29 is 4.79 Å². The Morgan fingerprint density at radius 2 is 1.78 bits per heavy atom. The quantitative estimate of drug-likeness (QED) is 0.770. The number of nitrogens with two attached hydrogens (primary N) is 1. The predicted octanol–water partition coefficient (Wildman–Crippen LogP) is 4.22. The second kappa shape index (κ2) is 5.67. The van der Waals surface area contributed by atoms with Gasteiger partial charge in [0.2, 0.25) is 5.91 Å². The fourth-order valence-electron chi connectivity index (χ4n) is 2.88. The molecule has 3 aromatic rings. The van der Waals surface area contributed by atoms with Crippen LogP contribution < -0.4 is 5.73 Å². The normalized spacial score (nSPS) is 12.6. The molecule has 1 atom stereocenters. The highest BCUT2D eigenvalue weighted by Crippen LogP contribution is 2.32. The molecular formula is C20H22N2O. The molecule has 2 N–H and O–H groups in total. The molecule has 23 heavy (non-hydrogen) atoms. The summed E-state index contributed by atoms with van der Waals surface area (Å²) in [7, 11) is 0. The molecule has 3 heteroatoms. The predicted molar refractivity (Wildman–Crippen MR) is 95.9 cm³/mol. The van der Waals surface area contributed by atoms with E-state index in [1.54, 1.807) is 11.5 Å². The lowest BCUT2D eigenvalue weighted by molar-refractivity contribution is 0.0892. The second-order valence-electron chi connectivity index (χ2n) is 6.36. The van der Waals surface area contributed by atoms with Crippen molar-refractivity contribution in [3.05, 3.63) is 59.3 Å². The van der Waals surface area contributed by atoms with E-state index in [1.165, 1.54) is 16.7 Å². The van der Waals surface area contributed by atoms with E-state index in [1.807, 2.05) is 18.3 Å². The van der Waals surface area contributed by atoms with Crippen LogP contribution in [0.5, 0.6) is 0 Å². The second-order valence-corrected chi connectivity index (χ2v) is 6.36. The summed E-state index contributed by atoms with van der Waals surface area (Å²) in [4.78, 5) is 12.4. The van der Waals surface area contributed by atoms with Crippen molar-refractivity contribution in [1.82, 2.24) is 4.57 Å². The molecule has 1 heterocycles. The molecule has 3 rings (SSSR count). The molecule has 3 nitrogen and oxygen atoms in total. The fraction of sp³-hybridized carbons (Fsp3) is 0.250. The van der Waals surface area contributed by atoms with Crippen LogP contribution in [0.1, 0.15) is 28.4 Å². The summed E-state index contributed by atoms with van der Waals surface area (Å²) >= 11 is 0. The maximum atomic E-state index is 12.4. The third-order valence-corrected chi connectivity index (χ3v) is 4.40. The highest BCUT2D eigenvalue weighted by atomic mass is 16.2. The molecule has 2 aromatic carbocycles. The monoisotopic (exact) mass is 306 g/mol. The van der Waals surface area contributed by atoms with Gasteiger partial charge in [-0.25, -0.2) is 0 Å². The zero-order chi connectivity index (χ0) is 16.7. The maximum absolute atomic E-state index is 12.4. The highest BCUT2D eigenvalue weighted by Gasteiger charge is 2.17. The Labute approximate surface area is 136 Å². The van der Waals surface area contributed by atoms with Crippen LogP contribution in [-0.2, 0) is 0 Å². The van der Waals surface area contributed by atoms with Gasteiger partial charge >= 0.3 is 0 Å². The Morgan fingerprint density at radius 3 is 2.43 bits per heavy atom. The van der Waals surface area contributed by atoms with Crippen LogP contribution in [-0.4, -0.2) is 16.5 Å². The van der Waals surface area contributed by atoms with E-state index in [0.717, 1.165) is 22.0 Å². The van der Waals surface area contributed by atoms with Gasteiger partial charge in [0, 0.05) is 17.1 Å². The topological polar surface area (TPSA) is 48.0 Å². The summed E-state index contributed by atoms with van der Waals surface area (Å²) in [5, 5.41) is 1.09. The fourth-order valence-corrected chi connectivity index (χ4v) is 2.88. The summed E-state index contributed by atoms with van der Waals surface area (Å²) in [5.74, 6) is -0.0889. The standard InChI is InChI=1S/C20H22N2O/c1-12-5-8-19-17(9-12)18(11-22(19)20(23)15(4)21)16-7-6-13(2)14(3)10-16/h5-11,15H,21H2,1-4H3. The van der Waals surface area contributed by atoms with Gasteiger partial charge in [-0.2, -0.15) is 0 Å². The smallest absolute Gasteiger partial charge is 0.247 e. The number of carbonyl (C=O) groups excluding carboxylic acids is 1. The third-order valence-electron chi connectivity index (χ3n) is 4.40. The van der Waals surface area contributed by atoms with Gasteiger partial charge in [-0.05, 0) is 56.5 Å². The largest absolute Gasteiger partial charge is 0.320 e. The summed E-state index contributed by atoms with van der Waals surface area (Å²) in [6.45, 7) is 7.99. The number of hydrogen-bond acceptors (Lipinski definition) is 2. The highest BCUT2D eigenvalue weighted by molar-refractivity contribution is 6.03. The summed E-state index contributed by atoms with van der Waals surface area (Å²) < 4.78 is 1.68. The number of rotatable bonds is 2. The molecule has 0 aliphatic heterocycles. The van der Waals surface area contributed by atoms with Crippen LogP contribution in [0, 0.1) is 20.8 Å². The van der Waals surface area contributed by atoms with Crippen LogP contribution >= 0.6 is 0 Å². The van der Waals surface area contributed by atoms with E-state index in [-0.39, 0.29) is 5.91 Å². The number of hydrogen-bond donors (Lipinski definition) is 1. The first-order chi connectivity index (χ1) is 10.9. The van der Waals surface area contributed by atoms with E-state index in [2.05, 4.69) is 45.0 Å². The zero-order valence-electron chi connectivity index (χ0n) is 14.1. The van der Waals surface area contributed by atoms with Gasteiger partial charge in [-0.15, -0.1) is 0 Å². The number of nitrogens with zero attached hydrogens (tertiary/aromatic N) is 1. The summed E-state index contributed by atoms with van der Waals surface area (Å²) in [6.07, 6.45) is 1.92. The van der Waals surface area contributed by atoms with Crippen LogP contribution in [0.25, 0.3) is 22.0 Å². The van der Waals surface area contributed by atoms with Crippen molar-refractivity contribution in [2.75, 3.05) is 0 Å². The van der Waals surface area contributed by atoms with E-state index in [9.17, 15) is 4.79 Å². The molecule has 0 saturated carbocycles. The van der Waals surface area contributed by atoms with Crippen LogP contribution in [0.2, 0.25) is 0 Å². The Morgan fingerprint density at radius 1 is 1.04 bits per heavy atom. The number of fused-ring (bicyclic) bond motifs is 1. The minimum Gasteiger partial charge on any atom is -0.320 e. The summed E-state index contributed by atoms with van der Waals surface area (Å²) in [6, 6.07) is 12.0. The van der Waals surface area contributed by atoms with E-state index in [0.29, 0.717) is 0 Å². The molecule has 1 aromatic heterocycles. The molecule has 1 unspecified atom stereocenters. The number of aromatic nitrogens is 1. The number of benzene rings is 2. The first-order valence-electron chi connectivity index (χ1n) is 7.87. The van der Waals surface area contributed by atoms with Gasteiger partial charge in [0.05, 0.1) is 11.6 Å². The molecule has 0 spiro atoms. The molecular weight excluding hydrogens is 284 g/mol. The maximum Gasteiger partial charge on any atom is 0.247 e. The lowest BCUT2D eigenvalue weighted by atomic mass is 9.99. The first kappa shape index (κ1) is 15.5. The van der Waals surface area contributed by atoms with E-state index >= 15 is 0 Å². The van der Waals surface area contributed by atoms with E-state index < -0.39 is 6.04 Å². The van der Waals surface area contributed by atoms with Gasteiger partial charge in [-0.1, -0.05) is 29.8 Å². The van der Waals surface area contributed by atoms with Crippen LogP contribution in [0.3, 0.4) is 0 Å². The average molecular weight is 306 g/mol. The molecule has 0 aliphatic rings. The zero-order valence-corrected chi connectivity index (χ0v) is 14.1. The van der Waals surface area contributed by atoms with Crippen molar-refractivity contribution in [2.24, 2.45) is 5.73 Å². The number of carbonyl (C=O) groups is 1. The summed E-state index contributed by atoms with van der Waals surface area (Å²) in [5.41, 5.74) is 12.6. The van der Waals surface area contributed by atoms with E-state index in [4.69, 9.17) is 5.73 Å².